The first-order chi connectivity index (χ1) is 7.22. The number of nitrogens with two attached hydrogens (primary N) is 1. The molecule has 0 bridgehead atoms. The molecule has 2 heterocycles. The van der Waals surface area contributed by atoms with Crippen LogP contribution in [0.3, 0.4) is 0 Å². The van der Waals surface area contributed by atoms with Crippen molar-refractivity contribution in [1.82, 2.24) is 25.0 Å². The van der Waals surface area contributed by atoms with E-state index < -0.39 is 0 Å². The fourth-order valence-electron chi connectivity index (χ4n) is 1.61. The minimum absolute atomic E-state index is 0.0776. The Morgan fingerprint density at radius 2 is 2.20 bits per heavy atom. The fraction of sp³-hybridized carbons (Fsp3) is 0.333. The number of nitrogens with zero attached hydrogens (tertiary/aromatic N) is 4. The van der Waals surface area contributed by atoms with Crippen LogP contribution < -0.4 is 11.3 Å². The van der Waals surface area contributed by atoms with Crippen LogP contribution in [0.25, 0.3) is 0 Å². The molecule has 1 unspecified atom stereocenters. The first-order valence-electron chi connectivity index (χ1n) is 4.65. The average Bonchev–Trinajstić information content (AvgIpc) is 2.79. The average molecular weight is 206 g/mol. The second kappa shape index (κ2) is 3.84. The molecule has 6 heteroatoms. The van der Waals surface area contributed by atoms with Crippen molar-refractivity contribution in [2.24, 2.45) is 19.9 Å². The second-order valence-corrected chi connectivity index (χ2v) is 3.43. The van der Waals surface area contributed by atoms with E-state index in [9.17, 15) is 0 Å². The number of hydrogen-bond acceptors (Lipinski definition) is 4. The van der Waals surface area contributed by atoms with Gasteiger partial charge in [-0.2, -0.15) is 10.2 Å². The topological polar surface area (TPSA) is 73.7 Å². The van der Waals surface area contributed by atoms with E-state index in [1.165, 1.54) is 0 Å². The summed E-state index contributed by atoms with van der Waals surface area (Å²) in [6.07, 6.45) is 5.46. The molecule has 0 aliphatic carbocycles. The molecule has 0 radical (unpaired) electrons. The Hall–Kier alpha value is -1.66. The Kier molecular flexibility index (Phi) is 2.53. The molecule has 0 fully saturated rings. The van der Waals surface area contributed by atoms with E-state index in [1.54, 1.807) is 21.8 Å². The molecular weight excluding hydrogens is 192 g/mol. The zero-order chi connectivity index (χ0) is 10.8. The Morgan fingerprint density at radius 3 is 2.67 bits per heavy atom. The second-order valence-electron chi connectivity index (χ2n) is 3.43. The molecule has 0 spiro atoms. The normalized spacial score (nSPS) is 13.0. The minimum atomic E-state index is -0.0776. The standard InChI is InChI=1S/C9H14N6/c1-14-6-7(5-12-14)9(13-10)8-3-4-11-15(8)2/h3-6,9,13H,10H2,1-2H3. The smallest absolute Gasteiger partial charge is 0.0908 e. The molecule has 0 saturated heterocycles. The van der Waals surface area contributed by atoms with Gasteiger partial charge in [-0.25, -0.2) is 5.43 Å². The number of aryl methyl sites for hydroxylation is 2. The maximum Gasteiger partial charge on any atom is 0.0908 e. The Morgan fingerprint density at radius 1 is 1.40 bits per heavy atom. The highest BCUT2D eigenvalue weighted by Crippen LogP contribution is 2.19. The molecule has 0 amide bonds. The zero-order valence-electron chi connectivity index (χ0n) is 8.75. The summed E-state index contributed by atoms with van der Waals surface area (Å²) in [5, 5.41) is 8.23. The molecule has 2 rings (SSSR count). The van der Waals surface area contributed by atoms with E-state index in [0.717, 1.165) is 11.3 Å². The lowest BCUT2D eigenvalue weighted by atomic mass is 10.1. The van der Waals surface area contributed by atoms with Crippen LogP contribution in [0.4, 0.5) is 0 Å². The van der Waals surface area contributed by atoms with Crippen molar-refractivity contribution in [3.05, 3.63) is 35.9 Å². The van der Waals surface area contributed by atoms with Crippen LogP contribution in [0.2, 0.25) is 0 Å². The summed E-state index contributed by atoms with van der Waals surface area (Å²) in [7, 11) is 3.76. The van der Waals surface area contributed by atoms with Crippen molar-refractivity contribution in [1.29, 1.82) is 0 Å². The van der Waals surface area contributed by atoms with Crippen LogP contribution in [0.5, 0.6) is 0 Å². The van der Waals surface area contributed by atoms with Gasteiger partial charge in [0.2, 0.25) is 0 Å². The maximum atomic E-state index is 5.55. The van der Waals surface area contributed by atoms with Gasteiger partial charge in [-0.15, -0.1) is 0 Å². The Balaban J connectivity index is 2.36. The van der Waals surface area contributed by atoms with Gasteiger partial charge in [-0.1, -0.05) is 0 Å². The fourth-order valence-corrected chi connectivity index (χ4v) is 1.61. The van der Waals surface area contributed by atoms with Crippen LogP contribution in [0, 0.1) is 0 Å². The van der Waals surface area contributed by atoms with Gasteiger partial charge in [0.15, 0.2) is 0 Å². The summed E-state index contributed by atoms with van der Waals surface area (Å²) in [5.74, 6) is 5.55. The van der Waals surface area contributed by atoms with Gasteiger partial charge in [0.05, 0.1) is 17.9 Å². The summed E-state index contributed by atoms with van der Waals surface area (Å²) >= 11 is 0. The third-order valence-electron chi connectivity index (χ3n) is 2.38. The van der Waals surface area contributed by atoms with Crippen LogP contribution in [0.1, 0.15) is 17.3 Å². The van der Waals surface area contributed by atoms with E-state index in [2.05, 4.69) is 15.6 Å². The molecule has 80 valence electrons. The van der Waals surface area contributed by atoms with Gasteiger partial charge in [0.25, 0.3) is 0 Å². The maximum absolute atomic E-state index is 5.55. The molecule has 2 aromatic heterocycles. The number of hydrogen-bond donors (Lipinski definition) is 2. The Labute approximate surface area is 87.7 Å². The lowest BCUT2D eigenvalue weighted by Crippen LogP contribution is -2.30. The van der Waals surface area contributed by atoms with Gasteiger partial charge < -0.3 is 0 Å². The Bertz CT molecular complexity index is 443. The van der Waals surface area contributed by atoms with Crippen LogP contribution in [-0.2, 0) is 14.1 Å². The molecule has 0 saturated carbocycles. The van der Waals surface area contributed by atoms with Crippen molar-refractivity contribution in [3.63, 3.8) is 0 Å². The quantitative estimate of drug-likeness (QED) is 0.534. The largest absolute Gasteiger partial charge is 0.275 e. The zero-order valence-corrected chi connectivity index (χ0v) is 8.75. The van der Waals surface area contributed by atoms with E-state index in [4.69, 9.17) is 5.84 Å². The van der Waals surface area contributed by atoms with E-state index in [0.29, 0.717) is 0 Å². The molecule has 15 heavy (non-hydrogen) atoms. The molecule has 1 atom stereocenters. The summed E-state index contributed by atoms with van der Waals surface area (Å²) in [4.78, 5) is 0. The van der Waals surface area contributed by atoms with Gasteiger partial charge >= 0.3 is 0 Å². The molecule has 3 N–H and O–H groups in total. The van der Waals surface area contributed by atoms with Gasteiger partial charge in [-0.3, -0.25) is 15.2 Å². The van der Waals surface area contributed by atoms with Crippen molar-refractivity contribution in [2.45, 2.75) is 6.04 Å². The molecule has 0 aromatic carbocycles. The first-order valence-corrected chi connectivity index (χ1v) is 4.65. The van der Waals surface area contributed by atoms with Crippen LogP contribution in [0.15, 0.2) is 24.7 Å². The third-order valence-corrected chi connectivity index (χ3v) is 2.38. The van der Waals surface area contributed by atoms with Crippen molar-refractivity contribution >= 4 is 0 Å². The summed E-state index contributed by atoms with van der Waals surface area (Å²) in [6.45, 7) is 0. The van der Waals surface area contributed by atoms with Crippen molar-refractivity contribution in [2.75, 3.05) is 0 Å². The van der Waals surface area contributed by atoms with E-state index in [-0.39, 0.29) is 6.04 Å². The highest BCUT2D eigenvalue weighted by molar-refractivity contribution is 5.22. The lowest BCUT2D eigenvalue weighted by Gasteiger charge is -2.14. The highest BCUT2D eigenvalue weighted by Gasteiger charge is 2.16. The molecule has 6 nitrogen and oxygen atoms in total. The van der Waals surface area contributed by atoms with Gasteiger partial charge in [0.1, 0.15) is 0 Å². The SMILES string of the molecule is Cn1cc(C(NN)c2ccnn2C)cn1. The van der Waals surface area contributed by atoms with Crippen molar-refractivity contribution < 1.29 is 0 Å². The first kappa shape index (κ1) is 9.88. The number of hydrazine groups is 1. The molecule has 0 aliphatic heterocycles. The summed E-state index contributed by atoms with van der Waals surface area (Å²) in [6, 6.07) is 1.85. The minimum Gasteiger partial charge on any atom is -0.275 e. The van der Waals surface area contributed by atoms with Crippen LogP contribution >= 0.6 is 0 Å². The predicted molar refractivity (Wildman–Crippen MR) is 55.6 cm³/mol. The van der Waals surface area contributed by atoms with Crippen molar-refractivity contribution in [3.8, 4) is 0 Å². The molecular formula is C9H14N6. The third kappa shape index (κ3) is 1.77. The summed E-state index contributed by atoms with van der Waals surface area (Å²) < 4.78 is 3.54. The van der Waals surface area contributed by atoms with Gasteiger partial charge in [0, 0.05) is 32.1 Å². The van der Waals surface area contributed by atoms with E-state index >= 15 is 0 Å². The monoisotopic (exact) mass is 206 g/mol. The highest BCUT2D eigenvalue weighted by atomic mass is 15.3. The number of aromatic nitrogens is 4. The number of rotatable bonds is 3. The number of nitrogens with one attached hydrogen (secondary N) is 1. The predicted octanol–water partition coefficient (Wildman–Crippen LogP) is -0.294. The molecule has 0 aliphatic rings. The van der Waals surface area contributed by atoms with Gasteiger partial charge in [-0.05, 0) is 6.07 Å². The molecule has 2 aromatic rings. The van der Waals surface area contributed by atoms with E-state index in [1.807, 2.05) is 26.4 Å². The lowest BCUT2D eigenvalue weighted by molar-refractivity contribution is 0.574. The summed E-state index contributed by atoms with van der Waals surface area (Å²) in [5.41, 5.74) is 4.78. The van der Waals surface area contributed by atoms with Crippen LogP contribution in [-0.4, -0.2) is 19.6 Å².